The zero-order chi connectivity index (χ0) is 16.0. The summed E-state index contributed by atoms with van der Waals surface area (Å²) in [6.45, 7) is 3.85. The van der Waals surface area contributed by atoms with E-state index in [9.17, 15) is 13.2 Å². The van der Waals surface area contributed by atoms with E-state index < -0.39 is 12.1 Å². The maximum atomic E-state index is 12.4. The molecule has 0 fully saturated rings. The number of nitrogens with zero attached hydrogens (tertiary/aromatic N) is 3. The van der Waals surface area contributed by atoms with E-state index in [0.29, 0.717) is 12.0 Å². The number of aromatic nitrogens is 2. The van der Waals surface area contributed by atoms with E-state index in [1.54, 1.807) is 24.3 Å². The van der Waals surface area contributed by atoms with E-state index in [1.807, 2.05) is 13.8 Å². The number of hydrogen-bond donors (Lipinski definition) is 0. The standard InChI is InChI=1S/C14H12F3N3O2/c1-13(2)7-10(19-22-13)8-3-5-9(6-4-8)11-18-12(21-20-11)14(15,16)17/h3-6H,7H2,1-2H3. The Kier molecular flexibility index (Phi) is 3.19. The van der Waals surface area contributed by atoms with E-state index in [0.717, 1.165) is 11.3 Å². The van der Waals surface area contributed by atoms with Gasteiger partial charge in [-0.2, -0.15) is 18.2 Å². The first kappa shape index (κ1) is 14.6. The molecule has 0 saturated heterocycles. The normalized spacial score (nSPS) is 17.2. The zero-order valence-electron chi connectivity index (χ0n) is 11.8. The van der Waals surface area contributed by atoms with Crippen molar-refractivity contribution >= 4 is 5.71 Å². The molecule has 1 aliphatic heterocycles. The van der Waals surface area contributed by atoms with Crippen LogP contribution in [0.3, 0.4) is 0 Å². The second-order valence-corrected chi connectivity index (χ2v) is 5.56. The molecule has 1 aromatic carbocycles. The summed E-state index contributed by atoms with van der Waals surface area (Å²) in [6, 6.07) is 6.72. The van der Waals surface area contributed by atoms with Crippen molar-refractivity contribution in [3.05, 3.63) is 35.7 Å². The minimum atomic E-state index is -4.65. The third-order valence-corrected chi connectivity index (χ3v) is 3.14. The fourth-order valence-electron chi connectivity index (χ4n) is 2.07. The SMILES string of the molecule is CC1(C)CC(c2ccc(-c3noc(C(F)(F)F)n3)cc2)=NO1. The maximum Gasteiger partial charge on any atom is 0.471 e. The summed E-state index contributed by atoms with van der Waals surface area (Å²) in [7, 11) is 0. The quantitative estimate of drug-likeness (QED) is 0.849. The fourth-order valence-corrected chi connectivity index (χ4v) is 2.07. The molecule has 1 aromatic heterocycles. The van der Waals surface area contributed by atoms with Crippen LogP contribution in [0.2, 0.25) is 0 Å². The number of benzene rings is 1. The van der Waals surface area contributed by atoms with Gasteiger partial charge >= 0.3 is 12.1 Å². The molecule has 0 radical (unpaired) electrons. The predicted octanol–water partition coefficient (Wildman–Crippen LogP) is 3.66. The second-order valence-electron chi connectivity index (χ2n) is 5.56. The molecular weight excluding hydrogens is 299 g/mol. The van der Waals surface area contributed by atoms with Crippen LogP contribution in [0.1, 0.15) is 31.7 Å². The van der Waals surface area contributed by atoms with Gasteiger partial charge in [-0.1, -0.05) is 34.6 Å². The summed E-state index contributed by atoms with van der Waals surface area (Å²) in [4.78, 5) is 8.63. The minimum Gasteiger partial charge on any atom is -0.389 e. The smallest absolute Gasteiger partial charge is 0.389 e. The lowest BCUT2D eigenvalue weighted by Gasteiger charge is -2.13. The predicted molar refractivity (Wildman–Crippen MR) is 71.1 cm³/mol. The highest BCUT2D eigenvalue weighted by atomic mass is 19.4. The summed E-state index contributed by atoms with van der Waals surface area (Å²) >= 11 is 0. The maximum absolute atomic E-state index is 12.4. The highest BCUT2D eigenvalue weighted by Gasteiger charge is 2.38. The Bertz CT molecular complexity index is 718. The first-order valence-electron chi connectivity index (χ1n) is 6.51. The van der Waals surface area contributed by atoms with E-state index >= 15 is 0 Å². The summed E-state index contributed by atoms with van der Waals surface area (Å²) in [5.41, 5.74) is 1.72. The Labute approximate surface area is 123 Å². The molecule has 5 nitrogen and oxygen atoms in total. The van der Waals surface area contributed by atoms with Crippen molar-refractivity contribution in [3.63, 3.8) is 0 Å². The van der Waals surface area contributed by atoms with Crippen LogP contribution in [0.25, 0.3) is 11.4 Å². The van der Waals surface area contributed by atoms with E-state index in [-0.39, 0.29) is 11.4 Å². The van der Waals surface area contributed by atoms with Crippen LogP contribution in [0, 0.1) is 0 Å². The molecule has 2 heterocycles. The molecular formula is C14H12F3N3O2. The van der Waals surface area contributed by atoms with Gasteiger partial charge in [-0.3, -0.25) is 0 Å². The Balaban J connectivity index is 1.82. The van der Waals surface area contributed by atoms with Crippen molar-refractivity contribution in [2.45, 2.75) is 32.0 Å². The van der Waals surface area contributed by atoms with Crippen LogP contribution in [0.15, 0.2) is 33.9 Å². The van der Waals surface area contributed by atoms with Crippen LogP contribution in [0.5, 0.6) is 0 Å². The molecule has 3 rings (SSSR count). The fraction of sp³-hybridized carbons (Fsp3) is 0.357. The lowest BCUT2D eigenvalue weighted by atomic mass is 9.97. The van der Waals surface area contributed by atoms with E-state index in [4.69, 9.17) is 4.84 Å². The van der Waals surface area contributed by atoms with Gasteiger partial charge in [-0.25, -0.2) is 0 Å². The third-order valence-electron chi connectivity index (χ3n) is 3.14. The van der Waals surface area contributed by atoms with E-state index in [1.165, 1.54) is 0 Å². The van der Waals surface area contributed by atoms with Gasteiger partial charge in [-0.15, -0.1) is 0 Å². The highest BCUT2D eigenvalue weighted by Crippen LogP contribution is 2.30. The molecule has 8 heteroatoms. The van der Waals surface area contributed by atoms with E-state index in [2.05, 4.69) is 19.8 Å². The van der Waals surface area contributed by atoms with Gasteiger partial charge in [0.15, 0.2) is 0 Å². The number of oxime groups is 1. The number of alkyl halides is 3. The molecule has 0 bridgehead atoms. The van der Waals surface area contributed by atoms with Crippen molar-refractivity contribution in [2.75, 3.05) is 0 Å². The molecule has 0 aliphatic carbocycles. The van der Waals surface area contributed by atoms with Gasteiger partial charge in [0.25, 0.3) is 0 Å². The summed E-state index contributed by atoms with van der Waals surface area (Å²) < 4.78 is 41.5. The molecule has 0 atom stereocenters. The summed E-state index contributed by atoms with van der Waals surface area (Å²) in [6.07, 6.45) is -3.99. The average molecular weight is 311 g/mol. The highest BCUT2D eigenvalue weighted by molar-refractivity contribution is 6.01. The summed E-state index contributed by atoms with van der Waals surface area (Å²) in [5.74, 6) is -1.47. The molecule has 0 amide bonds. The van der Waals surface area contributed by atoms with Gasteiger partial charge in [0.2, 0.25) is 5.82 Å². The van der Waals surface area contributed by atoms with Crippen LogP contribution in [-0.2, 0) is 11.0 Å². The van der Waals surface area contributed by atoms with Crippen LogP contribution >= 0.6 is 0 Å². The van der Waals surface area contributed by atoms with Crippen molar-refractivity contribution in [2.24, 2.45) is 5.16 Å². The van der Waals surface area contributed by atoms with Crippen LogP contribution < -0.4 is 0 Å². The largest absolute Gasteiger partial charge is 0.471 e. The van der Waals surface area contributed by atoms with Crippen LogP contribution in [-0.4, -0.2) is 21.5 Å². The second kappa shape index (κ2) is 4.82. The van der Waals surface area contributed by atoms with Crippen molar-refractivity contribution in [1.29, 1.82) is 0 Å². The number of halogens is 3. The number of rotatable bonds is 2. The molecule has 0 spiro atoms. The Morgan fingerprint density at radius 1 is 1.09 bits per heavy atom. The average Bonchev–Trinajstić information content (AvgIpc) is 3.05. The summed E-state index contributed by atoms with van der Waals surface area (Å²) in [5, 5.41) is 7.36. The lowest BCUT2D eigenvalue weighted by Crippen LogP contribution is -2.19. The molecule has 1 aliphatic rings. The van der Waals surface area contributed by atoms with Gasteiger partial charge in [0.1, 0.15) is 5.60 Å². The Hall–Kier alpha value is -2.38. The van der Waals surface area contributed by atoms with Crippen molar-refractivity contribution in [1.82, 2.24) is 10.1 Å². The Morgan fingerprint density at radius 2 is 1.73 bits per heavy atom. The topological polar surface area (TPSA) is 60.5 Å². The third kappa shape index (κ3) is 2.81. The molecule has 22 heavy (non-hydrogen) atoms. The minimum absolute atomic E-state index is 0.108. The Morgan fingerprint density at radius 3 is 2.23 bits per heavy atom. The van der Waals surface area contributed by atoms with Crippen LogP contribution in [0.4, 0.5) is 13.2 Å². The first-order valence-corrected chi connectivity index (χ1v) is 6.51. The molecule has 0 saturated carbocycles. The number of hydrogen-bond acceptors (Lipinski definition) is 5. The van der Waals surface area contributed by atoms with Gasteiger partial charge in [0, 0.05) is 12.0 Å². The lowest BCUT2D eigenvalue weighted by molar-refractivity contribution is -0.159. The molecule has 0 unspecified atom stereocenters. The first-order chi connectivity index (χ1) is 10.2. The molecule has 0 N–H and O–H groups in total. The van der Waals surface area contributed by atoms with Crippen molar-refractivity contribution < 1.29 is 22.5 Å². The van der Waals surface area contributed by atoms with Crippen molar-refractivity contribution in [3.8, 4) is 11.4 Å². The van der Waals surface area contributed by atoms with Gasteiger partial charge < -0.3 is 9.36 Å². The monoisotopic (exact) mass is 311 g/mol. The van der Waals surface area contributed by atoms with Gasteiger partial charge in [0.05, 0.1) is 5.71 Å². The van der Waals surface area contributed by atoms with Gasteiger partial charge in [-0.05, 0) is 19.4 Å². The molecule has 116 valence electrons. The molecule has 2 aromatic rings. The zero-order valence-corrected chi connectivity index (χ0v) is 11.8.